The predicted molar refractivity (Wildman–Crippen MR) is 60.2 cm³/mol. The maximum atomic E-state index is 11.3. The smallest absolute Gasteiger partial charge is 0.267 e. The van der Waals surface area contributed by atoms with Crippen LogP contribution in [0.5, 0.6) is 0 Å². The summed E-state index contributed by atoms with van der Waals surface area (Å²) in [5.41, 5.74) is -0.153. The molecule has 0 aromatic carbocycles. The fourth-order valence-electron chi connectivity index (χ4n) is 1.55. The van der Waals surface area contributed by atoms with Gasteiger partial charge in [-0.3, -0.25) is 4.79 Å². The molecule has 1 saturated heterocycles. The maximum Gasteiger partial charge on any atom is 0.267 e. The van der Waals surface area contributed by atoms with Gasteiger partial charge in [0.05, 0.1) is 12.4 Å². The van der Waals surface area contributed by atoms with Crippen LogP contribution in [0.4, 0.5) is 5.82 Å². The Morgan fingerprint density at radius 2 is 2.47 bits per heavy atom. The summed E-state index contributed by atoms with van der Waals surface area (Å²) < 4.78 is 5.92. The molecule has 1 aliphatic heterocycles. The van der Waals surface area contributed by atoms with Crippen molar-refractivity contribution in [3.05, 3.63) is 21.2 Å². The van der Waals surface area contributed by atoms with E-state index in [2.05, 4.69) is 25.9 Å². The van der Waals surface area contributed by atoms with Crippen LogP contribution in [-0.4, -0.2) is 35.8 Å². The van der Waals surface area contributed by atoms with Crippen LogP contribution in [0.15, 0.2) is 15.6 Å². The van der Waals surface area contributed by atoms with Crippen molar-refractivity contribution in [2.24, 2.45) is 0 Å². The first-order valence-electron chi connectivity index (χ1n) is 4.82. The van der Waals surface area contributed by atoms with Crippen LogP contribution in [0.1, 0.15) is 6.92 Å². The topological polar surface area (TPSA) is 58.2 Å². The number of nitrogens with one attached hydrogen (secondary N) is 1. The predicted octanol–water partition coefficient (Wildman–Crippen LogP) is 0.758. The molecule has 1 fully saturated rings. The van der Waals surface area contributed by atoms with E-state index >= 15 is 0 Å². The van der Waals surface area contributed by atoms with E-state index in [1.165, 1.54) is 6.33 Å². The van der Waals surface area contributed by atoms with Gasteiger partial charge in [-0.25, -0.2) is 4.98 Å². The number of ether oxygens (including phenoxy) is 1. The molecule has 0 radical (unpaired) electrons. The van der Waals surface area contributed by atoms with Gasteiger partial charge in [-0.1, -0.05) is 0 Å². The van der Waals surface area contributed by atoms with E-state index < -0.39 is 0 Å². The number of H-pyrrole nitrogens is 1. The third kappa shape index (κ3) is 2.05. The van der Waals surface area contributed by atoms with E-state index in [4.69, 9.17) is 4.74 Å². The van der Waals surface area contributed by atoms with Crippen LogP contribution in [0.3, 0.4) is 0 Å². The summed E-state index contributed by atoms with van der Waals surface area (Å²) >= 11 is 3.23. The van der Waals surface area contributed by atoms with Gasteiger partial charge in [0.1, 0.15) is 4.47 Å². The van der Waals surface area contributed by atoms with Gasteiger partial charge in [-0.2, -0.15) is 0 Å². The summed E-state index contributed by atoms with van der Waals surface area (Å²) in [6, 6.07) is 0. The fraction of sp³-hybridized carbons (Fsp3) is 0.556. The molecule has 82 valence electrons. The third-order valence-corrected chi connectivity index (χ3v) is 3.04. The molecule has 1 aliphatic rings. The van der Waals surface area contributed by atoms with Crippen LogP contribution in [0, 0.1) is 0 Å². The number of hydrogen-bond donors (Lipinski definition) is 1. The average molecular weight is 274 g/mol. The Kier molecular flexibility index (Phi) is 3.06. The molecule has 0 bridgehead atoms. The van der Waals surface area contributed by atoms with E-state index in [1.807, 2.05) is 11.8 Å². The number of rotatable bonds is 3. The quantitative estimate of drug-likeness (QED) is 0.884. The summed E-state index contributed by atoms with van der Waals surface area (Å²) in [7, 11) is 0. The molecule has 5 nitrogen and oxygen atoms in total. The lowest BCUT2D eigenvalue weighted by atomic mass is 10.1. The Labute approximate surface area is 95.6 Å². The number of hydrogen-bond acceptors (Lipinski definition) is 4. The zero-order chi connectivity index (χ0) is 10.8. The van der Waals surface area contributed by atoms with Crippen LogP contribution in [-0.2, 0) is 4.74 Å². The first-order valence-corrected chi connectivity index (χ1v) is 5.61. The van der Waals surface area contributed by atoms with E-state index in [9.17, 15) is 4.79 Å². The van der Waals surface area contributed by atoms with Gasteiger partial charge in [0.2, 0.25) is 0 Å². The monoisotopic (exact) mass is 273 g/mol. The highest BCUT2D eigenvalue weighted by molar-refractivity contribution is 9.10. The van der Waals surface area contributed by atoms with Gasteiger partial charge in [-0.15, -0.1) is 0 Å². The van der Waals surface area contributed by atoms with E-state index in [-0.39, 0.29) is 11.7 Å². The molecule has 0 aliphatic carbocycles. The molecular formula is C9H12BrN3O2. The van der Waals surface area contributed by atoms with Crippen molar-refractivity contribution >= 4 is 21.7 Å². The summed E-state index contributed by atoms with van der Waals surface area (Å²) in [5, 5.41) is 0. The van der Waals surface area contributed by atoms with Gasteiger partial charge in [0.25, 0.3) is 5.56 Å². The summed E-state index contributed by atoms with van der Waals surface area (Å²) in [5.74, 6) is 0.690. The molecule has 0 amide bonds. The molecule has 0 saturated carbocycles. The maximum absolute atomic E-state index is 11.3. The van der Waals surface area contributed by atoms with E-state index in [1.54, 1.807) is 0 Å². The van der Waals surface area contributed by atoms with Crippen molar-refractivity contribution in [3.63, 3.8) is 0 Å². The van der Waals surface area contributed by atoms with Crippen molar-refractivity contribution in [2.45, 2.75) is 13.0 Å². The van der Waals surface area contributed by atoms with E-state index in [0.717, 1.165) is 19.7 Å². The molecule has 1 aromatic heterocycles. The van der Waals surface area contributed by atoms with Gasteiger partial charge in [-0.05, 0) is 22.9 Å². The van der Waals surface area contributed by atoms with Crippen LogP contribution in [0.2, 0.25) is 0 Å². The van der Waals surface area contributed by atoms with Gasteiger partial charge < -0.3 is 14.6 Å². The molecule has 0 atom stereocenters. The second kappa shape index (κ2) is 4.32. The highest BCUT2D eigenvalue weighted by Crippen LogP contribution is 2.24. The number of anilines is 1. The first kappa shape index (κ1) is 10.6. The number of aromatic nitrogens is 2. The average Bonchev–Trinajstić information content (AvgIpc) is 2.16. The third-order valence-electron chi connectivity index (χ3n) is 2.33. The van der Waals surface area contributed by atoms with Crippen molar-refractivity contribution in [1.82, 2.24) is 9.97 Å². The molecule has 0 spiro atoms. The Morgan fingerprint density at radius 1 is 1.73 bits per heavy atom. The minimum Gasteiger partial charge on any atom is -0.375 e. The van der Waals surface area contributed by atoms with Crippen LogP contribution >= 0.6 is 15.9 Å². The number of aromatic amines is 1. The molecular weight excluding hydrogens is 262 g/mol. The van der Waals surface area contributed by atoms with Gasteiger partial charge >= 0.3 is 0 Å². The zero-order valence-corrected chi connectivity index (χ0v) is 9.95. The van der Waals surface area contributed by atoms with Gasteiger partial charge in [0, 0.05) is 19.7 Å². The van der Waals surface area contributed by atoms with E-state index in [0.29, 0.717) is 10.3 Å². The summed E-state index contributed by atoms with van der Waals surface area (Å²) in [4.78, 5) is 19.9. The Hall–Kier alpha value is -0.880. The van der Waals surface area contributed by atoms with Crippen molar-refractivity contribution in [3.8, 4) is 0 Å². The Balaban J connectivity index is 2.07. The highest BCUT2D eigenvalue weighted by atomic mass is 79.9. The SMILES string of the molecule is CCOC1CN(c2nc[nH]c(=O)c2Br)C1. The highest BCUT2D eigenvalue weighted by Gasteiger charge is 2.29. The molecule has 6 heteroatoms. The summed E-state index contributed by atoms with van der Waals surface area (Å²) in [6.07, 6.45) is 1.68. The number of nitrogens with zero attached hydrogens (tertiary/aromatic N) is 2. The van der Waals surface area contributed by atoms with Crippen molar-refractivity contribution in [1.29, 1.82) is 0 Å². The molecule has 15 heavy (non-hydrogen) atoms. The number of halogens is 1. The van der Waals surface area contributed by atoms with Crippen LogP contribution in [0.25, 0.3) is 0 Å². The second-order valence-electron chi connectivity index (χ2n) is 3.35. The summed E-state index contributed by atoms with van der Waals surface area (Å²) in [6.45, 7) is 4.29. The molecule has 1 N–H and O–H groups in total. The lowest BCUT2D eigenvalue weighted by molar-refractivity contribution is 0.0426. The lowest BCUT2D eigenvalue weighted by Gasteiger charge is -2.39. The fourth-order valence-corrected chi connectivity index (χ4v) is 2.01. The Morgan fingerprint density at radius 3 is 3.13 bits per heavy atom. The molecule has 2 rings (SSSR count). The minimum absolute atomic E-state index is 0.153. The van der Waals surface area contributed by atoms with Crippen LogP contribution < -0.4 is 10.5 Å². The van der Waals surface area contributed by atoms with Gasteiger partial charge in [0.15, 0.2) is 5.82 Å². The standard InChI is InChI=1S/C9H12BrN3O2/c1-2-15-6-3-13(4-6)8-7(10)9(14)12-5-11-8/h5-6H,2-4H2,1H3,(H,11,12,14). The van der Waals surface area contributed by atoms with Crippen molar-refractivity contribution < 1.29 is 4.74 Å². The van der Waals surface area contributed by atoms with Crippen molar-refractivity contribution in [2.75, 3.05) is 24.6 Å². The molecule has 1 aromatic rings. The molecule has 0 unspecified atom stereocenters. The minimum atomic E-state index is -0.153. The lowest BCUT2D eigenvalue weighted by Crippen LogP contribution is -2.53. The molecule has 2 heterocycles. The normalized spacial score (nSPS) is 16.5. The second-order valence-corrected chi connectivity index (χ2v) is 4.14. The largest absolute Gasteiger partial charge is 0.375 e. The zero-order valence-electron chi connectivity index (χ0n) is 8.36. The Bertz CT molecular complexity index is 401. The first-order chi connectivity index (χ1) is 7.22.